The molecule has 0 spiro atoms. The quantitative estimate of drug-likeness (QED) is 0.342. The Morgan fingerprint density at radius 3 is 0.941 bits per heavy atom. The van der Waals surface area contributed by atoms with Crippen molar-refractivity contribution >= 4 is 37.2 Å². The Morgan fingerprint density at radius 1 is 0.588 bits per heavy atom. The van der Waals surface area contributed by atoms with Crippen molar-refractivity contribution in [2.24, 2.45) is 0 Å². The molecule has 0 aliphatic heterocycles. The van der Waals surface area contributed by atoms with Gasteiger partial charge >= 0.3 is 0 Å². The normalized spacial score (nSPS) is 5.35. The fourth-order valence-corrected chi connectivity index (χ4v) is 0.534. The number of benzene rings is 1. The van der Waals surface area contributed by atoms with E-state index in [9.17, 15) is 0 Å². The van der Waals surface area contributed by atoms with Gasteiger partial charge in [0.2, 0.25) is 0 Å². The van der Waals surface area contributed by atoms with Crippen molar-refractivity contribution in [1.29, 1.82) is 0 Å². The number of rotatable bonds is 0. The van der Waals surface area contributed by atoms with Gasteiger partial charge in [0, 0.05) is 37.2 Å². The molecule has 0 bridgehead atoms. The molecule has 0 atom stereocenters. The average molecular weight is 466 g/mol. The molecule has 1 aromatic rings. The first-order valence-electron chi connectivity index (χ1n) is 6.55. The number of halogens is 2. The molecular weight excluding hydrogens is 434 g/mol. The molecule has 0 saturated heterocycles. The minimum atomic E-state index is 1.32. The van der Waals surface area contributed by atoms with Crippen LogP contribution in [0.3, 0.4) is 0 Å². The minimum absolute atomic E-state index is 1.32. The first-order valence-corrected chi connectivity index (χ1v) is 12.8. The van der Waals surface area contributed by atoms with E-state index in [4.69, 9.17) is 0 Å². The fraction of sp³-hybridized carbons (Fsp3) is 0.600. The fourth-order valence-electron chi connectivity index (χ4n) is 0.534. The highest BCUT2D eigenvalue weighted by atomic mass is 128. The van der Waals surface area contributed by atoms with Crippen molar-refractivity contribution in [2.45, 2.75) is 62.3 Å². The first-order chi connectivity index (χ1) is 8.39. The Hall–Kier alpha value is 0.680. The summed E-state index contributed by atoms with van der Waals surface area (Å²) in [5, 5.41) is 0. The van der Waals surface area contributed by atoms with Crippen molar-refractivity contribution in [3.05, 3.63) is 35.9 Å². The van der Waals surface area contributed by atoms with E-state index in [1.165, 1.54) is 5.56 Å². The van der Waals surface area contributed by atoms with E-state index in [2.05, 4.69) is 56.3 Å². The van der Waals surface area contributed by atoms with Crippen LogP contribution >= 0.6 is 37.2 Å². The lowest BCUT2D eigenvalue weighted by Crippen LogP contribution is -1.62. The summed E-state index contributed by atoms with van der Waals surface area (Å²) in [5.74, 6) is 0. The second kappa shape index (κ2) is 54.4. The van der Waals surface area contributed by atoms with Crippen molar-refractivity contribution < 1.29 is 0 Å². The van der Waals surface area contributed by atoms with E-state index in [1.54, 1.807) is 0 Å². The molecule has 0 saturated carbocycles. The SMILES string of the molecule is CC.CC.CC.CC.Cc1ccccc1.II. The standard InChI is InChI=1S/C7H8.4C2H6.I2/c1-7-5-3-2-4-6-7;5*1-2/h2-6H,1H3;4*1-2H3;. The van der Waals surface area contributed by atoms with Crippen LogP contribution in [0.1, 0.15) is 61.0 Å². The van der Waals surface area contributed by atoms with Crippen LogP contribution in [-0.4, -0.2) is 0 Å². The molecule has 0 heterocycles. The smallest absolute Gasteiger partial charge is 0 e. The average Bonchev–Trinajstić information content (AvgIpc) is 2.50. The molecule has 0 N–H and O–H groups in total. The molecule has 0 amide bonds. The number of aryl methyl sites for hydroxylation is 1. The Morgan fingerprint density at radius 2 is 0.824 bits per heavy atom. The van der Waals surface area contributed by atoms with Gasteiger partial charge in [-0.2, -0.15) is 0 Å². The summed E-state index contributed by atoms with van der Waals surface area (Å²) in [6.07, 6.45) is 0. The van der Waals surface area contributed by atoms with Gasteiger partial charge in [-0.1, -0.05) is 91.3 Å². The van der Waals surface area contributed by atoms with Crippen molar-refractivity contribution in [1.82, 2.24) is 0 Å². The first kappa shape index (κ1) is 30.6. The molecule has 2 heteroatoms. The van der Waals surface area contributed by atoms with Crippen LogP contribution in [0, 0.1) is 6.92 Å². The van der Waals surface area contributed by atoms with Gasteiger partial charge in [-0.05, 0) is 6.92 Å². The monoisotopic (exact) mass is 466 g/mol. The molecule has 0 aliphatic carbocycles. The van der Waals surface area contributed by atoms with E-state index < -0.39 is 0 Å². The van der Waals surface area contributed by atoms with E-state index >= 15 is 0 Å². The summed E-state index contributed by atoms with van der Waals surface area (Å²) in [4.78, 5) is 0. The lowest BCUT2D eigenvalue weighted by atomic mass is 10.2. The van der Waals surface area contributed by atoms with Crippen molar-refractivity contribution in [3.63, 3.8) is 0 Å². The molecule has 1 rings (SSSR count). The summed E-state index contributed by atoms with van der Waals surface area (Å²) in [5.41, 5.74) is 1.32. The number of hydrogen-bond donors (Lipinski definition) is 0. The predicted octanol–water partition coefficient (Wildman–Crippen LogP) is 7.87. The molecule has 0 aromatic heterocycles. The van der Waals surface area contributed by atoms with Gasteiger partial charge in [0.1, 0.15) is 0 Å². The molecule has 0 unspecified atom stereocenters. The Balaban J connectivity index is -0.0000000413. The number of hydrogen-bond acceptors (Lipinski definition) is 0. The second-order valence-corrected chi connectivity index (χ2v) is 1.65. The lowest BCUT2D eigenvalue weighted by Gasteiger charge is -1.82. The van der Waals surface area contributed by atoms with Crippen LogP contribution < -0.4 is 0 Å². The van der Waals surface area contributed by atoms with E-state index in [-0.39, 0.29) is 0 Å². The van der Waals surface area contributed by atoms with Gasteiger partial charge in [0.05, 0.1) is 0 Å². The Bertz CT molecular complexity index is 139. The zero-order valence-corrected chi connectivity index (χ0v) is 17.5. The van der Waals surface area contributed by atoms with E-state index in [0.717, 1.165) is 0 Å². The van der Waals surface area contributed by atoms with Crippen LogP contribution in [0.5, 0.6) is 0 Å². The van der Waals surface area contributed by atoms with Crippen LogP contribution in [0.2, 0.25) is 0 Å². The van der Waals surface area contributed by atoms with Gasteiger partial charge in [-0.3, -0.25) is 0 Å². The van der Waals surface area contributed by atoms with Crippen molar-refractivity contribution in [2.75, 3.05) is 0 Å². The maximum absolute atomic E-state index is 2.12. The third-order valence-electron chi connectivity index (χ3n) is 0.940. The van der Waals surface area contributed by atoms with Crippen molar-refractivity contribution in [3.8, 4) is 0 Å². The van der Waals surface area contributed by atoms with Gasteiger partial charge in [-0.15, -0.1) is 0 Å². The van der Waals surface area contributed by atoms with Crippen LogP contribution in [0.25, 0.3) is 0 Å². The summed E-state index contributed by atoms with van der Waals surface area (Å²) >= 11 is 4.24. The largest absolute Gasteiger partial charge is 0.0683 e. The van der Waals surface area contributed by atoms with Crippen LogP contribution in [-0.2, 0) is 0 Å². The molecule has 0 radical (unpaired) electrons. The van der Waals surface area contributed by atoms with Gasteiger partial charge < -0.3 is 0 Å². The molecule has 106 valence electrons. The lowest BCUT2D eigenvalue weighted by molar-refractivity contribution is 1.48. The summed E-state index contributed by atoms with van der Waals surface area (Å²) in [7, 11) is 0. The molecule has 0 aliphatic rings. The molecule has 1 aromatic carbocycles. The van der Waals surface area contributed by atoms with Crippen LogP contribution in [0.4, 0.5) is 0 Å². The Labute approximate surface area is 134 Å². The van der Waals surface area contributed by atoms with Crippen LogP contribution in [0.15, 0.2) is 30.3 Å². The topological polar surface area (TPSA) is 0 Å². The van der Waals surface area contributed by atoms with Gasteiger partial charge in [0.25, 0.3) is 0 Å². The molecule has 0 fully saturated rings. The second-order valence-electron chi connectivity index (χ2n) is 1.65. The molecule has 17 heavy (non-hydrogen) atoms. The molecule has 0 nitrogen and oxygen atoms in total. The van der Waals surface area contributed by atoms with E-state index in [0.29, 0.717) is 0 Å². The third-order valence-corrected chi connectivity index (χ3v) is 0.940. The van der Waals surface area contributed by atoms with E-state index in [1.807, 2.05) is 73.6 Å². The minimum Gasteiger partial charge on any atom is -0.0683 e. The highest BCUT2D eigenvalue weighted by molar-refractivity contribution is 15.0. The zero-order chi connectivity index (χ0) is 15.1. The maximum atomic E-state index is 2.12. The summed E-state index contributed by atoms with van der Waals surface area (Å²) in [6, 6.07) is 10.3. The molecular formula is C15H32I2. The highest BCUT2D eigenvalue weighted by Gasteiger charge is 1.72. The predicted molar refractivity (Wildman–Crippen MR) is 105 cm³/mol. The van der Waals surface area contributed by atoms with Gasteiger partial charge in [0.15, 0.2) is 0 Å². The summed E-state index contributed by atoms with van der Waals surface area (Å²) < 4.78 is 0. The highest BCUT2D eigenvalue weighted by Crippen LogP contribution is 1.92. The maximum Gasteiger partial charge on any atom is 0 e. The van der Waals surface area contributed by atoms with Gasteiger partial charge in [-0.25, -0.2) is 0 Å². The Kier molecular flexibility index (Phi) is 98.0. The zero-order valence-electron chi connectivity index (χ0n) is 13.1. The third kappa shape index (κ3) is 47.7. The summed E-state index contributed by atoms with van der Waals surface area (Å²) in [6.45, 7) is 18.1.